The minimum Gasteiger partial charge on any atom is -0.379 e. The quantitative estimate of drug-likeness (QED) is 0.559. The number of nitrogens with zero attached hydrogens (tertiary/aromatic N) is 2. The summed E-state index contributed by atoms with van der Waals surface area (Å²) in [7, 11) is -7.12. The van der Waals surface area contributed by atoms with Gasteiger partial charge in [-0.15, -0.1) is 0 Å². The number of hydrogen-bond acceptors (Lipinski definition) is 6. The van der Waals surface area contributed by atoms with Crippen molar-refractivity contribution in [2.45, 2.75) is 30.0 Å². The number of morpholine rings is 1. The summed E-state index contributed by atoms with van der Waals surface area (Å²) in [6.07, 6.45) is 2.99. The number of hydrogen-bond donors (Lipinski definition) is 2. The van der Waals surface area contributed by atoms with Crippen LogP contribution in [-0.4, -0.2) is 75.7 Å². The molecule has 1 amide bonds. The van der Waals surface area contributed by atoms with E-state index in [9.17, 15) is 21.6 Å². The Morgan fingerprint density at radius 3 is 2.33 bits per heavy atom. The Kier molecular flexibility index (Phi) is 7.19. The van der Waals surface area contributed by atoms with Gasteiger partial charge in [0.25, 0.3) is 5.91 Å². The number of aromatic nitrogens is 1. The van der Waals surface area contributed by atoms with E-state index in [4.69, 9.17) is 4.74 Å². The van der Waals surface area contributed by atoms with Crippen LogP contribution < -0.4 is 5.32 Å². The van der Waals surface area contributed by atoms with Gasteiger partial charge in [-0.2, -0.15) is 8.61 Å². The fourth-order valence-electron chi connectivity index (χ4n) is 3.99. The van der Waals surface area contributed by atoms with E-state index in [0.717, 1.165) is 12.8 Å². The van der Waals surface area contributed by atoms with Crippen molar-refractivity contribution in [1.29, 1.82) is 0 Å². The van der Waals surface area contributed by atoms with Gasteiger partial charge in [0.05, 0.1) is 19.0 Å². The van der Waals surface area contributed by atoms with E-state index >= 15 is 0 Å². The fraction of sp³-hybridized carbons (Fsp3) is 0.476. The normalized spacial score (nSPS) is 18.4. The number of ether oxygens (including phenoxy) is 1. The van der Waals surface area contributed by atoms with Gasteiger partial charge in [0.1, 0.15) is 10.6 Å². The number of benzene rings is 1. The standard InChI is InChI=1S/C21H28N4O6S2/c26-21(20-13-19(15-22-20)33(29,30)25-7-3-4-8-25)23-14-17-5-1-2-6-18(17)16-32(27,28)24-9-11-31-12-10-24/h1-2,5-6,13,15,22H,3-4,7-12,14,16H2,(H,23,26). The van der Waals surface area contributed by atoms with Crippen LogP contribution in [0, 0.1) is 0 Å². The van der Waals surface area contributed by atoms with Crippen LogP contribution in [0.1, 0.15) is 34.5 Å². The first kappa shape index (κ1) is 23.9. The highest BCUT2D eigenvalue weighted by molar-refractivity contribution is 7.89. The summed E-state index contributed by atoms with van der Waals surface area (Å²) >= 11 is 0. The molecular formula is C21H28N4O6S2. The fourth-order valence-corrected chi connectivity index (χ4v) is 7.06. The number of sulfonamides is 2. The van der Waals surface area contributed by atoms with Crippen LogP contribution in [-0.2, 0) is 37.1 Å². The molecule has 10 nitrogen and oxygen atoms in total. The van der Waals surface area contributed by atoms with Gasteiger partial charge in [0, 0.05) is 38.9 Å². The molecule has 180 valence electrons. The Morgan fingerprint density at radius 1 is 0.970 bits per heavy atom. The third-order valence-electron chi connectivity index (χ3n) is 5.86. The summed E-state index contributed by atoms with van der Waals surface area (Å²) in [6.45, 7) is 2.50. The van der Waals surface area contributed by atoms with Crippen molar-refractivity contribution in [2.24, 2.45) is 0 Å². The summed E-state index contributed by atoms with van der Waals surface area (Å²) in [5.41, 5.74) is 1.42. The average Bonchev–Trinajstić information content (AvgIpc) is 3.52. The molecule has 2 fully saturated rings. The van der Waals surface area contributed by atoms with Crippen LogP contribution in [0.4, 0.5) is 0 Å². The molecule has 3 heterocycles. The van der Waals surface area contributed by atoms with E-state index in [0.29, 0.717) is 50.5 Å². The Bertz CT molecular complexity index is 1200. The second-order valence-corrected chi connectivity index (χ2v) is 12.0. The van der Waals surface area contributed by atoms with Crippen molar-refractivity contribution in [3.8, 4) is 0 Å². The molecule has 0 radical (unpaired) electrons. The van der Waals surface area contributed by atoms with Crippen LogP contribution in [0.25, 0.3) is 0 Å². The van der Waals surface area contributed by atoms with Gasteiger partial charge in [-0.05, 0) is 30.0 Å². The lowest BCUT2D eigenvalue weighted by Gasteiger charge is -2.26. The second kappa shape index (κ2) is 9.94. The summed E-state index contributed by atoms with van der Waals surface area (Å²) in [5, 5.41) is 2.75. The molecule has 0 aliphatic carbocycles. The first-order chi connectivity index (χ1) is 15.8. The molecule has 0 spiro atoms. The molecular weight excluding hydrogens is 468 g/mol. The third-order valence-corrected chi connectivity index (χ3v) is 9.57. The zero-order valence-corrected chi connectivity index (χ0v) is 19.8. The van der Waals surface area contributed by atoms with Crippen LogP contribution in [0.5, 0.6) is 0 Å². The molecule has 0 saturated carbocycles. The van der Waals surface area contributed by atoms with E-state index in [-0.39, 0.29) is 22.9 Å². The summed E-state index contributed by atoms with van der Waals surface area (Å²) < 4.78 is 59.0. The molecule has 2 aliphatic heterocycles. The molecule has 0 unspecified atom stereocenters. The molecule has 0 bridgehead atoms. The highest BCUT2D eigenvalue weighted by atomic mass is 32.2. The van der Waals surface area contributed by atoms with Crippen molar-refractivity contribution < 1.29 is 26.4 Å². The van der Waals surface area contributed by atoms with Gasteiger partial charge in [-0.25, -0.2) is 16.8 Å². The van der Waals surface area contributed by atoms with E-state index < -0.39 is 26.0 Å². The minimum atomic E-state index is -3.61. The maximum atomic E-state index is 12.8. The Morgan fingerprint density at radius 2 is 1.64 bits per heavy atom. The van der Waals surface area contributed by atoms with Crippen molar-refractivity contribution in [1.82, 2.24) is 18.9 Å². The zero-order valence-electron chi connectivity index (χ0n) is 18.2. The maximum Gasteiger partial charge on any atom is 0.268 e. The van der Waals surface area contributed by atoms with Crippen LogP contribution in [0.3, 0.4) is 0 Å². The SMILES string of the molecule is O=C(NCc1ccccc1CS(=O)(=O)N1CCOCC1)c1cc(S(=O)(=O)N2CCCC2)c[nH]1. The molecule has 2 aliphatic rings. The lowest BCUT2D eigenvalue weighted by atomic mass is 10.1. The molecule has 33 heavy (non-hydrogen) atoms. The Hall–Kier alpha value is -2.25. The topological polar surface area (TPSA) is 129 Å². The van der Waals surface area contributed by atoms with E-state index in [2.05, 4.69) is 10.3 Å². The highest BCUT2D eigenvalue weighted by Gasteiger charge is 2.29. The van der Waals surface area contributed by atoms with Gasteiger partial charge < -0.3 is 15.0 Å². The summed E-state index contributed by atoms with van der Waals surface area (Å²) in [6, 6.07) is 8.37. The molecule has 1 aromatic heterocycles. The van der Waals surface area contributed by atoms with Gasteiger partial charge >= 0.3 is 0 Å². The molecule has 2 N–H and O–H groups in total. The van der Waals surface area contributed by atoms with Crippen LogP contribution in [0.2, 0.25) is 0 Å². The predicted molar refractivity (Wildman–Crippen MR) is 121 cm³/mol. The average molecular weight is 497 g/mol. The summed E-state index contributed by atoms with van der Waals surface area (Å²) in [4.78, 5) is 15.4. The van der Waals surface area contributed by atoms with Gasteiger partial charge in [-0.3, -0.25) is 4.79 Å². The van der Waals surface area contributed by atoms with Crippen LogP contribution in [0.15, 0.2) is 41.4 Å². The molecule has 2 aromatic rings. The predicted octanol–water partition coefficient (Wildman–Crippen LogP) is 0.891. The summed E-state index contributed by atoms with van der Waals surface area (Å²) in [5.74, 6) is -0.636. The maximum absolute atomic E-state index is 12.8. The Labute approximate surface area is 194 Å². The number of carbonyl (C=O) groups excluding carboxylic acids is 1. The van der Waals surface area contributed by atoms with Gasteiger partial charge in [0.15, 0.2) is 0 Å². The first-order valence-electron chi connectivity index (χ1n) is 10.9. The van der Waals surface area contributed by atoms with Crippen molar-refractivity contribution in [2.75, 3.05) is 39.4 Å². The number of H-pyrrole nitrogens is 1. The number of amides is 1. The number of rotatable bonds is 8. The van der Waals surface area contributed by atoms with E-state index in [1.165, 1.54) is 20.9 Å². The molecule has 0 atom stereocenters. The molecule has 2 saturated heterocycles. The lowest BCUT2D eigenvalue weighted by Crippen LogP contribution is -2.41. The Balaban J connectivity index is 1.42. The van der Waals surface area contributed by atoms with Crippen molar-refractivity contribution >= 4 is 26.0 Å². The van der Waals surface area contributed by atoms with Crippen molar-refractivity contribution in [3.05, 3.63) is 53.3 Å². The number of aromatic amines is 1. The van der Waals surface area contributed by atoms with E-state index in [1.807, 2.05) is 0 Å². The second-order valence-electron chi connectivity index (χ2n) is 8.08. The molecule has 12 heteroatoms. The number of carbonyl (C=O) groups is 1. The number of nitrogens with one attached hydrogen (secondary N) is 2. The van der Waals surface area contributed by atoms with Gasteiger partial charge in [-0.1, -0.05) is 24.3 Å². The minimum absolute atomic E-state index is 0.0616. The van der Waals surface area contributed by atoms with Crippen molar-refractivity contribution in [3.63, 3.8) is 0 Å². The largest absolute Gasteiger partial charge is 0.379 e. The molecule has 1 aromatic carbocycles. The highest BCUT2D eigenvalue weighted by Crippen LogP contribution is 2.22. The first-order valence-corrected chi connectivity index (χ1v) is 13.9. The third kappa shape index (κ3) is 5.46. The monoisotopic (exact) mass is 496 g/mol. The molecule has 4 rings (SSSR count). The van der Waals surface area contributed by atoms with Gasteiger partial charge in [0.2, 0.25) is 20.0 Å². The van der Waals surface area contributed by atoms with Crippen LogP contribution >= 0.6 is 0 Å². The zero-order chi connectivity index (χ0) is 23.5. The smallest absolute Gasteiger partial charge is 0.268 e. The van der Waals surface area contributed by atoms with E-state index in [1.54, 1.807) is 24.3 Å². The lowest BCUT2D eigenvalue weighted by molar-refractivity contribution is 0.0729.